The first kappa shape index (κ1) is 9.24. The fourth-order valence-electron chi connectivity index (χ4n) is 1.78. The van der Waals surface area contributed by atoms with Crippen LogP contribution in [0.3, 0.4) is 0 Å². The highest BCUT2D eigenvalue weighted by atomic mass is 15.6. The second-order valence-corrected chi connectivity index (χ2v) is 4.10. The van der Waals surface area contributed by atoms with Crippen LogP contribution in [0.15, 0.2) is 0 Å². The molecule has 0 aliphatic rings. The maximum absolute atomic E-state index is 4.21. The van der Waals surface area contributed by atoms with E-state index in [9.17, 15) is 0 Å². The lowest BCUT2D eigenvalue weighted by molar-refractivity contribution is 0.593. The summed E-state index contributed by atoms with van der Waals surface area (Å²) >= 11 is 0. The number of fused-ring (bicyclic) bond motifs is 1. The van der Waals surface area contributed by atoms with Crippen LogP contribution in [-0.4, -0.2) is 19.6 Å². The van der Waals surface area contributed by atoms with Crippen LogP contribution in [0.4, 0.5) is 0 Å². The molecule has 0 spiro atoms. The van der Waals surface area contributed by atoms with Crippen LogP contribution in [0.1, 0.15) is 36.7 Å². The van der Waals surface area contributed by atoms with Gasteiger partial charge in [-0.25, -0.2) is 0 Å². The van der Waals surface area contributed by atoms with Crippen molar-refractivity contribution < 1.29 is 0 Å². The molecule has 4 nitrogen and oxygen atoms in total. The maximum atomic E-state index is 4.21. The molecular formula is C10H16N4. The molecule has 0 saturated heterocycles. The average Bonchev–Trinajstić information content (AvgIpc) is 2.64. The second-order valence-electron chi connectivity index (χ2n) is 4.10. The fraction of sp³-hybridized carbons (Fsp3) is 0.600. The lowest BCUT2D eigenvalue weighted by atomic mass is 10.1. The van der Waals surface area contributed by atoms with E-state index >= 15 is 0 Å². The highest BCUT2D eigenvalue weighted by Gasteiger charge is 2.17. The number of hydrogen-bond donors (Lipinski definition) is 0. The molecule has 2 aromatic heterocycles. The van der Waals surface area contributed by atoms with Crippen molar-refractivity contribution in [3.8, 4) is 0 Å². The van der Waals surface area contributed by atoms with E-state index in [1.54, 1.807) is 0 Å². The summed E-state index contributed by atoms with van der Waals surface area (Å²) in [6, 6.07) is 0. The fourth-order valence-corrected chi connectivity index (χ4v) is 1.78. The van der Waals surface area contributed by atoms with Gasteiger partial charge in [0.15, 0.2) is 0 Å². The van der Waals surface area contributed by atoms with Crippen molar-refractivity contribution in [3.05, 3.63) is 17.0 Å². The molecular weight excluding hydrogens is 176 g/mol. The Balaban J connectivity index is 2.85. The Morgan fingerprint density at radius 1 is 1.21 bits per heavy atom. The minimum atomic E-state index is 0.424. The maximum Gasteiger partial charge on any atom is 0.114 e. The van der Waals surface area contributed by atoms with E-state index in [0.29, 0.717) is 5.92 Å². The van der Waals surface area contributed by atoms with Gasteiger partial charge in [-0.05, 0) is 30.5 Å². The van der Waals surface area contributed by atoms with Crippen molar-refractivity contribution in [2.45, 2.75) is 33.6 Å². The SMILES string of the molecule is Cc1c(C)n(C)n2nnc(C(C)C)c12. The first-order valence-electron chi connectivity index (χ1n) is 4.91. The van der Waals surface area contributed by atoms with Crippen LogP contribution in [0.2, 0.25) is 0 Å². The lowest BCUT2D eigenvalue weighted by Gasteiger charge is -1.97. The van der Waals surface area contributed by atoms with Crippen molar-refractivity contribution in [3.63, 3.8) is 0 Å². The van der Waals surface area contributed by atoms with Gasteiger partial charge in [-0.15, -0.1) is 5.10 Å². The van der Waals surface area contributed by atoms with Crippen LogP contribution >= 0.6 is 0 Å². The molecule has 0 fully saturated rings. The molecule has 76 valence electrons. The molecule has 0 unspecified atom stereocenters. The molecule has 0 aromatic carbocycles. The van der Waals surface area contributed by atoms with Gasteiger partial charge < -0.3 is 0 Å². The predicted octanol–water partition coefficient (Wildman–Crippen LogP) is 1.81. The van der Waals surface area contributed by atoms with Crippen LogP contribution in [0.25, 0.3) is 5.52 Å². The minimum absolute atomic E-state index is 0.424. The van der Waals surface area contributed by atoms with E-state index < -0.39 is 0 Å². The Hall–Kier alpha value is -1.32. The summed E-state index contributed by atoms with van der Waals surface area (Å²) in [5.41, 5.74) is 4.78. The Labute approximate surface area is 83.5 Å². The van der Waals surface area contributed by atoms with E-state index in [4.69, 9.17) is 0 Å². The van der Waals surface area contributed by atoms with Gasteiger partial charge in [0.25, 0.3) is 0 Å². The minimum Gasteiger partial charge on any atom is -0.271 e. The molecule has 2 aromatic rings. The van der Waals surface area contributed by atoms with E-state index in [-0.39, 0.29) is 0 Å². The Morgan fingerprint density at radius 2 is 1.86 bits per heavy atom. The highest BCUT2D eigenvalue weighted by molar-refractivity contribution is 5.60. The van der Waals surface area contributed by atoms with Crippen LogP contribution in [0, 0.1) is 13.8 Å². The zero-order chi connectivity index (χ0) is 10.5. The van der Waals surface area contributed by atoms with Crippen LogP contribution in [0.5, 0.6) is 0 Å². The van der Waals surface area contributed by atoms with Crippen molar-refractivity contribution in [2.75, 3.05) is 0 Å². The Kier molecular flexibility index (Phi) is 1.87. The van der Waals surface area contributed by atoms with Gasteiger partial charge in [0, 0.05) is 12.7 Å². The number of aryl methyl sites for hydroxylation is 2. The molecule has 0 N–H and O–H groups in total. The van der Waals surface area contributed by atoms with E-state index in [1.807, 2.05) is 16.4 Å². The summed E-state index contributed by atoms with van der Waals surface area (Å²) in [5, 5.41) is 8.36. The molecule has 2 rings (SSSR count). The summed E-state index contributed by atoms with van der Waals surface area (Å²) in [4.78, 5) is 0. The van der Waals surface area contributed by atoms with E-state index in [0.717, 1.165) is 5.69 Å². The molecule has 0 radical (unpaired) electrons. The van der Waals surface area contributed by atoms with Gasteiger partial charge in [-0.2, -0.15) is 4.63 Å². The van der Waals surface area contributed by atoms with Gasteiger partial charge in [0.2, 0.25) is 0 Å². The molecule has 0 aliphatic carbocycles. The molecule has 0 amide bonds. The van der Waals surface area contributed by atoms with Gasteiger partial charge in [-0.3, -0.25) is 4.68 Å². The normalized spacial score (nSPS) is 11.9. The zero-order valence-electron chi connectivity index (χ0n) is 9.37. The molecule has 0 saturated carbocycles. The van der Waals surface area contributed by atoms with E-state index in [1.165, 1.54) is 16.8 Å². The largest absolute Gasteiger partial charge is 0.271 e. The summed E-state index contributed by atoms with van der Waals surface area (Å²) in [7, 11) is 2.01. The van der Waals surface area contributed by atoms with Crippen molar-refractivity contribution in [1.29, 1.82) is 0 Å². The van der Waals surface area contributed by atoms with Gasteiger partial charge in [0.1, 0.15) is 5.52 Å². The molecule has 2 heterocycles. The van der Waals surface area contributed by atoms with Crippen molar-refractivity contribution in [1.82, 2.24) is 19.6 Å². The Morgan fingerprint density at radius 3 is 2.43 bits per heavy atom. The number of hydrogen-bond acceptors (Lipinski definition) is 2. The van der Waals surface area contributed by atoms with Gasteiger partial charge in [0.05, 0.1) is 5.69 Å². The average molecular weight is 192 g/mol. The van der Waals surface area contributed by atoms with Crippen LogP contribution in [-0.2, 0) is 7.05 Å². The summed E-state index contributed by atoms with van der Waals surface area (Å²) in [6.45, 7) is 8.52. The Bertz CT molecular complexity index is 476. The highest BCUT2D eigenvalue weighted by Crippen LogP contribution is 2.23. The third kappa shape index (κ3) is 0.997. The third-order valence-electron chi connectivity index (χ3n) is 2.89. The number of rotatable bonds is 1. The number of aromatic nitrogens is 4. The van der Waals surface area contributed by atoms with Crippen molar-refractivity contribution in [2.24, 2.45) is 7.05 Å². The quantitative estimate of drug-likeness (QED) is 0.690. The molecule has 0 aliphatic heterocycles. The summed E-state index contributed by atoms with van der Waals surface area (Å²) in [6.07, 6.45) is 0. The van der Waals surface area contributed by atoms with Crippen LogP contribution < -0.4 is 0 Å². The van der Waals surface area contributed by atoms with Gasteiger partial charge >= 0.3 is 0 Å². The van der Waals surface area contributed by atoms with Gasteiger partial charge in [-0.1, -0.05) is 13.8 Å². The third-order valence-corrected chi connectivity index (χ3v) is 2.89. The van der Waals surface area contributed by atoms with E-state index in [2.05, 4.69) is 38.0 Å². The zero-order valence-corrected chi connectivity index (χ0v) is 9.37. The number of nitrogens with zero attached hydrogens (tertiary/aromatic N) is 4. The lowest BCUT2D eigenvalue weighted by Crippen LogP contribution is -2.02. The molecule has 0 bridgehead atoms. The topological polar surface area (TPSA) is 35.1 Å². The first-order chi connectivity index (χ1) is 6.54. The van der Waals surface area contributed by atoms with Crippen molar-refractivity contribution >= 4 is 5.52 Å². The second kappa shape index (κ2) is 2.83. The molecule has 4 heteroatoms. The standard InChI is InChI=1S/C10H16N4/c1-6(2)9-10-7(3)8(4)13(5)14(10)12-11-9/h6H,1-5H3. The smallest absolute Gasteiger partial charge is 0.114 e. The molecule has 14 heavy (non-hydrogen) atoms. The molecule has 0 atom stereocenters. The monoisotopic (exact) mass is 192 g/mol. The predicted molar refractivity (Wildman–Crippen MR) is 55.5 cm³/mol. The first-order valence-corrected chi connectivity index (χ1v) is 4.91. The summed E-state index contributed by atoms with van der Waals surface area (Å²) in [5.74, 6) is 0.424. The summed E-state index contributed by atoms with van der Waals surface area (Å²) < 4.78 is 3.91.